The van der Waals surface area contributed by atoms with Gasteiger partial charge in [-0.1, -0.05) is 25.3 Å². The maximum absolute atomic E-state index is 11.6. The van der Waals surface area contributed by atoms with Gasteiger partial charge in [-0.25, -0.2) is 0 Å². The van der Waals surface area contributed by atoms with Gasteiger partial charge in [0.25, 0.3) is 0 Å². The summed E-state index contributed by atoms with van der Waals surface area (Å²) in [5, 5.41) is 0. The highest BCUT2D eigenvalue weighted by Crippen LogP contribution is 2.43. The minimum atomic E-state index is -0.344. The molecule has 0 radical (unpaired) electrons. The first kappa shape index (κ1) is 15.8. The Hall–Kier alpha value is -1.58. The fourth-order valence-electron chi connectivity index (χ4n) is 3.23. The number of hydrogen-bond donors (Lipinski definition) is 0. The third-order valence-electron chi connectivity index (χ3n) is 4.46. The summed E-state index contributed by atoms with van der Waals surface area (Å²) in [5.41, 5.74) is -0.344. The number of hydrogen-bond acceptors (Lipinski definition) is 4. The molecule has 2 aliphatic rings. The summed E-state index contributed by atoms with van der Waals surface area (Å²) in [6, 6.07) is 0. The van der Waals surface area contributed by atoms with E-state index in [4.69, 9.17) is 9.47 Å². The van der Waals surface area contributed by atoms with Crippen LogP contribution in [0.2, 0.25) is 0 Å². The van der Waals surface area contributed by atoms with E-state index in [-0.39, 0.29) is 18.0 Å². The average molecular weight is 292 g/mol. The second-order valence-corrected chi connectivity index (χ2v) is 5.90. The third kappa shape index (κ3) is 4.19. The summed E-state index contributed by atoms with van der Waals surface area (Å²) in [4.78, 5) is 22.3. The van der Waals surface area contributed by atoms with Crippen molar-refractivity contribution in [2.24, 2.45) is 11.3 Å². The summed E-state index contributed by atoms with van der Waals surface area (Å²) in [6.07, 6.45) is 13.7. The SMILES string of the molecule is CC(=O)OCCOC1=CCC(C=O)(C2CCCCC2)C=C1. The monoisotopic (exact) mass is 292 g/mol. The number of esters is 1. The highest BCUT2D eigenvalue weighted by molar-refractivity contribution is 5.66. The summed E-state index contributed by atoms with van der Waals surface area (Å²) in [5.74, 6) is 0.915. The number of aldehydes is 1. The van der Waals surface area contributed by atoms with Crippen molar-refractivity contribution in [3.8, 4) is 0 Å². The quantitative estimate of drug-likeness (QED) is 0.428. The molecule has 4 heteroatoms. The minimum Gasteiger partial charge on any atom is -0.490 e. The number of rotatable bonds is 6. The molecule has 4 nitrogen and oxygen atoms in total. The molecule has 0 bridgehead atoms. The molecule has 0 saturated heterocycles. The first-order valence-corrected chi connectivity index (χ1v) is 7.78. The Morgan fingerprint density at radius 3 is 2.67 bits per heavy atom. The van der Waals surface area contributed by atoms with E-state index in [1.54, 1.807) is 0 Å². The summed E-state index contributed by atoms with van der Waals surface area (Å²) in [6.45, 7) is 1.97. The first-order valence-electron chi connectivity index (χ1n) is 7.78. The summed E-state index contributed by atoms with van der Waals surface area (Å²) >= 11 is 0. The fourth-order valence-corrected chi connectivity index (χ4v) is 3.23. The molecule has 1 saturated carbocycles. The van der Waals surface area contributed by atoms with Crippen molar-refractivity contribution in [3.05, 3.63) is 24.0 Å². The average Bonchev–Trinajstić information content (AvgIpc) is 2.53. The van der Waals surface area contributed by atoms with Gasteiger partial charge in [0, 0.05) is 6.92 Å². The lowest BCUT2D eigenvalue weighted by molar-refractivity contribution is -0.142. The summed E-state index contributed by atoms with van der Waals surface area (Å²) < 4.78 is 10.4. The van der Waals surface area contributed by atoms with E-state index >= 15 is 0 Å². The van der Waals surface area contributed by atoms with Gasteiger partial charge >= 0.3 is 5.97 Å². The van der Waals surface area contributed by atoms with Crippen LogP contribution in [0.25, 0.3) is 0 Å². The van der Waals surface area contributed by atoms with Crippen LogP contribution in [0.5, 0.6) is 0 Å². The molecule has 116 valence electrons. The van der Waals surface area contributed by atoms with E-state index in [9.17, 15) is 9.59 Å². The highest BCUT2D eigenvalue weighted by atomic mass is 16.6. The molecule has 0 heterocycles. The Balaban J connectivity index is 1.85. The largest absolute Gasteiger partial charge is 0.490 e. The lowest BCUT2D eigenvalue weighted by atomic mass is 9.66. The zero-order valence-corrected chi connectivity index (χ0v) is 12.7. The molecule has 0 aliphatic heterocycles. The van der Waals surface area contributed by atoms with Crippen LogP contribution in [0.1, 0.15) is 45.4 Å². The molecule has 0 aromatic rings. The molecule has 21 heavy (non-hydrogen) atoms. The number of ether oxygens (including phenoxy) is 2. The van der Waals surface area contributed by atoms with Crippen LogP contribution in [0.4, 0.5) is 0 Å². The van der Waals surface area contributed by atoms with Gasteiger partial charge in [0.2, 0.25) is 0 Å². The van der Waals surface area contributed by atoms with Crippen LogP contribution in [0.15, 0.2) is 24.0 Å². The maximum Gasteiger partial charge on any atom is 0.302 e. The number of carbonyl (C=O) groups excluding carboxylic acids is 2. The van der Waals surface area contributed by atoms with Gasteiger partial charge in [-0.2, -0.15) is 0 Å². The van der Waals surface area contributed by atoms with Gasteiger partial charge < -0.3 is 14.3 Å². The minimum absolute atomic E-state index is 0.252. The normalized spacial score (nSPS) is 26.0. The number of allylic oxidation sites excluding steroid dienone is 3. The lowest BCUT2D eigenvalue weighted by Crippen LogP contribution is -2.33. The van der Waals surface area contributed by atoms with Crippen LogP contribution < -0.4 is 0 Å². The molecule has 0 amide bonds. The molecule has 0 aromatic heterocycles. The van der Waals surface area contributed by atoms with E-state index < -0.39 is 0 Å². The van der Waals surface area contributed by atoms with Crippen molar-refractivity contribution in [2.45, 2.75) is 45.4 Å². The Morgan fingerprint density at radius 2 is 2.10 bits per heavy atom. The van der Waals surface area contributed by atoms with Crippen molar-refractivity contribution in [1.29, 1.82) is 0 Å². The topological polar surface area (TPSA) is 52.6 Å². The highest BCUT2D eigenvalue weighted by Gasteiger charge is 2.37. The molecule has 2 aliphatic carbocycles. The number of carbonyl (C=O) groups is 2. The first-order chi connectivity index (χ1) is 10.2. The Kier molecular flexibility index (Phi) is 5.59. The molecule has 1 unspecified atom stereocenters. The van der Waals surface area contributed by atoms with E-state index in [1.807, 2.05) is 18.2 Å². The van der Waals surface area contributed by atoms with Crippen molar-refractivity contribution >= 4 is 12.3 Å². The van der Waals surface area contributed by atoms with Gasteiger partial charge in [-0.3, -0.25) is 4.79 Å². The Labute approximate surface area is 126 Å². The van der Waals surface area contributed by atoms with Crippen LogP contribution in [-0.4, -0.2) is 25.5 Å². The predicted octanol–water partition coefficient (Wildman–Crippen LogP) is 3.18. The third-order valence-corrected chi connectivity index (χ3v) is 4.46. The Morgan fingerprint density at radius 1 is 1.33 bits per heavy atom. The van der Waals surface area contributed by atoms with Gasteiger partial charge in [0.1, 0.15) is 25.3 Å². The zero-order chi connectivity index (χ0) is 15.1. The smallest absolute Gasteiger partial charge is 0.302 e. The van der Waals surface area contributed by atoms with E-state index in [2.05, 4.69) is 0 Å². The van der Waals surface area contributed by atoms with E-state index in [1.165, 1.54) is 26.2 Å². The molecule has 0 N–H and O–H groups in total. The van der Waals surface area contributed by atoms with E-state index in [0.717, 1.165) is 24.9 Å². The van der Waals surface area contributed by atoms with Crippen LogP contribution in [0, 0.1) is 11.3 Å². The van der Waals surface area contributed by atoms with Gasteiger partial charge in [-0.05, 0) is 37.3 Å². The molecule has 1 atom stereocenters. The fraction of sp³-hybridized carbons (Fsp3) is 0.647. The van der Waals surface area contributed by atoms with Gasteiger partial charge in [0.15, 0.2) is 0 Å². The van der Waals surface area contributed by atoms with Crippen molar-refractivity contribution < 1.29 is 19.1 Å². The maximum atomic E-state index is 11.6. The zero-order valence-electron chi connectivity index (χ0n) is 12.7. The van der Waals surface area contributed by atoms with Crippen LogP contribution >= 0.6 is 0 Å². The summed E-state index contributed by atoms with van der Waals surface area (Å²) in [7, 11) is 0. The van der Waals surface area contributed by atoms with Crippen molar-refractivity contribution in [3.63, 3.8) is 0 Å². The molecule has 0 aromatic carbocycles. The predicted molar refractivity (Wildman–Crippen MR) is 79.5 cm³/mol. The standard InChI is InChI=1S/C17H24O4/c1-14(19)20-11-12-21-16-7-9-17(13-18,10-8-16)15-5-3-2-4-6-15/h7-9,13,15H,2-6,10-12H2,1H3. The molecular formula is C17H24O4. The molecule has 2 rings (SSSR count). The van der Waals surface area contributed by atoms with Crippen molar-refractivity contribution in [1.82, 2.24) is 0 Å². The lowest BCUT2D eigenvalue weighted by Gasteiger charge is -2.37. The van der Waals surface area contributed by atoms with Crippen molar-refractivity contribution in [2.75, 3.05) is 13.2 Å². The second-order valence-electron chi connectivity index (χ2n) is 5.90. The second kappa shape index (κ2) is 7.43. The molecular weight excluding hydrogens is 268 g/mol. The molecule has 1 fully saturated rings. The van der Waals surface area contributed by atoms with Crippen LogP contribution in [0.3, 0.4) is 0 Å². The van der Waals surface area contributed by atoms with E-state index in [0.29, 0.717) is 18.9 Å². The Bertz CT molecular complexity index is 432. The van der Waals surface area contributed by atoms with Crippen LogP contribution in [-0.2, 0) is 19.1 Å². The molecule has 0 spiro atoms. The van der Waals surface area contributed by atoms with Gasteiger partial charge in [-0.15, -0.1) is 0 Å². The van der Waals surface area contributed by atoms with Gasteiger partial charge in [0.05, 0.1) is 5.41 Å².